The number of rotatable bonds is 3. The molecule has 2 aromatic carbocycles. The van der Waals surface area contributed by atoms with Crippen molar-refractivity contribution in [2.75, 3.05) is 0 Å². The Labute approximate surface area is 133 Å². The fraction of sp³-hybridized carbons (Fsp3) is 0.500. The van der Waals surface area contributed by atoms with E-state index >= 15 is 0 Å². The van der Waals surface area contributed by atoms with Crippen molar-refractivity contribution in [3.63, 3.8) is 0 Å². The van der Waals surface area contributed by atoms with Crippen molar-refractivity contribution in [2.24, 2.45) is 5.92 Å². The van der Waals surface area contributed by atoms with Crippen LogP contribution >= 0.6 is 11.6 Å². The summed E-state index contributed by atoms with van der Waals surface area (Å²) in [6.45, 7) is 2.20. The molecule has 0 saturated heterocycles. The fourth-order valence-corrected chi connectivity index (χ4v) is 4.37. The molecule has 1 aliphatic carbocycles. The minimum absolute atomic E-state index is 0.152. The van der Waals surface area contributed by atoms with Crippen LogP contribution in [0, 0.1) is 12.8 Å². The van der Waals surface area contributed by atoms with Gasteiger partial charge in [-0.15, -0.1) is 11.6 Å². The quantitative estimate of drug-likeness (QED) is 0.432. The minimum atomic E-state index is 0.152. The number of fused-ring (bicyclic) bond motifs is 1. The first kappa shape index (κ1) is 14.9. The number of hydrogen-bond donors (Lipinski definition) is 0. The molecule has 1 aliphatic rings. The molecule has 3 rings (SSSR count). The molecule has 112 valence electrons. The van der Waals surface area contributed by atoms with Crippen LogP contribution in [-0.2, 0) is 0 Å². The summed E-state index contributed by atoms with van der Waals surface area (Å²) < 4.78 is 0. The molecular formula is C20H25Cl. The van der Waals surface area contributed by atoms with Crippen molar-refractivity contribution in [1.29, 1.82) is 0 Å². The minimum Gasteiger partial charge on any atom is -0.118 e. The van der Waals surface area contributed by atoms with Gasteiger partial charge in [0.15, 0.2) is 0 Å². The molecule has 1 unspecified atom stereocenters. The summed E-state index contributed by atoms with van der Waals surface area (Å²) >= 11 is 6.88. The zero-order valence-corrected chi connectivity index (χ0v) is 13.7. The number of alkyl halides is 1. The molecule has 0 radical (unpaired) electrons. The van der Waals surface area contributed by atoms with Crippen LogP contribution in [0.1, 0.15) is 61.4 Å². The molecule has 0 amide bonds. The van der Waals surface area contributed by atoms with Crippen molar-refractivity contribution in [2.45, 2.75) is 57.2 Å². The summed E-state index contributed by atoms with van der Waals surface area (Å²) in [5.74, 6) is 0.813. The first-order valence-electron chi connectivity index (χ1n) is 8.38. The van der Waals surface area contributed by atoms with Gasteiger partial charge in [-0.25, -0.2) is 0 Å². The first-order valence-corrected chi connectivity index (χ1v) is 8.81. The van der Waals surface area contributed by atoms with Gasteiger partial charge in [-0.3, -0.25) is 0 Å². The third-order valence-electron chi connectivity index (χ3n) is 5.02. The highest BCUT2D eigenvalue weighted by atomic mass is 35.5. The molecule has 0 nitrogen and oxygen atoms in total. The molecule has 1 atom stereocenters. The van der Waals surface area contributed by atoms with E-state index in [1.807, 2.05) is 0 Å². The molecule has 0 spiro atoms. The van der Waals surface area contributed by atoms with Crippen LogP contribution in [0.25, 0.3) is 10.8 Å². The molecule has 1 heteroatoms. The smallest absolute Gasteiger partial charge is 0.0596 e. The standard InChI is InChI=1S/C20H25Cl/c1-15-12-13-17-10-6-7-11-18(17)20(15)19(21)14-16-8-4-2-3-5-9-16/h6-7,10-13,16,19H,2-5,8-9,14H2,1H3. The molecule has 2 aromatic rings. The van der Waals surface area contributed by atoms with Gasteiger partial charge in [-0.1, -0.05) is 74.9 Å². The van der Waals surface area contributed by atoms with E-state index in [1.54, 1.807) is 0 Å². The van der Waals surface area contributed by atoms with Crippen LogP contribution in [0.4, 0.5) is 0 Å². The Morgan fingerprint density at radius 1 is 1.00 bits per heavy atom. The zero-order valence-electron chi connectivity index (χ0n) is 12.9. The van der Waals surface area contributed by atoms with Crippen molar-refractivity contribution in [3.05, 3.63) is 47.5 Å². The van der Waals surface area contributed by atoms with Gasteiger partial charge in [-0.2, -0.15) is 0 Å². The van der Waals surface area contributed by atoms with E-state index in [4.69, 9.17) is 11.6 Å². The lowest BCUT2D eigenvalue weighted by molar-refractivity contribution is 0.423. The maximum Gasteiger partial charge on any atom is 0.0596 e. The number of hydrogen-bond acceptors (Lipinski definition) is 0. The summed E-state index contributed by atoms with van der Waals surface area (Å²) in [6, 6.07) is 13.1. The molecule has 21 heavy (non-hydrogen) atoms. The van der Waals surface area contributed by atoms with Gasteiger partial charge in [0.1, 0.15) is 0 Å². The van der Waals surface area contributed by atoms with E-state index in [9.17, 15) is 0 Å². The Morgan fingerprint density at radius 2 is 1.71 bits per heavy atom. The van der Waals surface area contributed by atoms with Crippen LogP contribution in [0.2, 0.25) is 0 Å². The monoisotopic (exact) mass is 300 g/mol. The van der Waals surface area contributed by atoms with E-state index in [1.165, 1.54) is 60.4 Å². The average molecular weight is 301 g/mol. The third kappa shape index (κ3) is 3.43. The Kier molecular flexibility index (Phi) is 4.85. The second kappa shape index (κ2) is 6.83. The number of aryl methyl sites for hydroxylation is 1. The van der Waals surface area contributed by atoms with Crippen molar-refractivity contribution in [3.8, 4) is 0 Å². The van der Waals surface area contributed by atoms with Gasteiger partial charge in [0.2, 0.25) is 0 Å². The molecule has 1 fully saturated rings. The number of benzene rings is 2. The van der Waals surface area contributed by atoms with Gasteiger partial charge < -0.3 is 0 Å². The van der Waals surface area contributed by atoms with Gasteiger partial charge in [0.25, 0.3) is 0 Å². The summed E-state index contributed by atoms with van der Waals surface area (Å²) in [7, 11) is 0. The Bertz CT molecular complexity index is 594. The van der Waals surface area contributed by atoms with Crippen LogP contribution in [-0.4, -0.2) is 0 Å². The lowest BCUT2D eigenvalue weighted by Crippen LogP contribution is -2.05. The molecule has 0 heterocycles. The second-order valence-electron chi connectivity index (χ2n) is 6.58. The van der Waals surface area contributed by atoms with Crippen molar-refractivity contribution in [1.82, 2.24) is 0 Å². The summed E-state index contributed by atoms with van der Waals surface area (Å²) in [5, 5.41) is 2.80. The first-order chi connectivity index (χ1) is 10.3. The Balaban J connectivity index is 1.86. The van der Waals surface area contributed by atoms with Gasteiger partial charge >= 0.3 is 0 Å². The molecule has 0 bridgehead atoms. The maximum absolute atomic E-state index is 6.88. The largest absolute Gasteiger partial charge is 0.118 e. The Hall–Kier alpha value is -1.01. The summed E-state index contributed by atoms with van der Waals surface area (Å²) in [4.78, 5) is 0. The molecule has 1 saturated carbocycles. The summed E-state index contributed by atoms with van der Waals surface area (Å²) in [6.07, 6.45) is 9.48. The van der Waals surface area contributed by atoms with Gasteiger partial charge in [0.05, 0.1) is 5.38 Å². The van der Waals surface area contributed by atoms with E-state index in [0.29, 0.717) is 0 Å². The highest BCUT2D eigenvalue weighted by Gasteiger charge is 2.20. The number of halogens is 1. The van der Waals surface area contributed by atoms with E-state index in [2.05, 4.69) is 43.3 Å². The maximum atomic E-state index is 6.88. The highest BCUT2D eigenvalue weighted by Crippen LogP contribution is 2.38. The highest BCUT2D eigenvalue weighted by molar-refractivity contribution is 6.22. The molecular weight excluding hydrogens is 276 g/mol. The second-order valence-corrected chi connectivity index (χ2v) is 7.10. The van der Waals surface area contributed by atoms with E-state index < -0.39 is 0 Å². The fourth-order valence-electron chi connectivity index (χ4n) is 3.83. The zero-order chi connectivity index (χ0) is 14.7. The molecule has 0 aliphatic heterocycles. The normalized spacial score (nSPS) is 18.6. The van der Waals surface area contributed by atoms with Crippen molar-refractivity contribution < 1.29 is 0 Å². The lowest BCUT2D eigenvalue weighted by Gasteiger charge is -2.21. The van der Waals surface area contributed by atoms with Crippen molar-refractivity contribution >= 4 is 22.4 Å². The van der Waals surface area contributed by atoms with Crippen LogP contribution < -0.4 is 0 Å². The predicted octanol–water partition coefficient (Wildman–Crippen LogP) is 6.79. The van der Waals surface area contributed by atoms with Crippen LogP contribution in [0.3, 0.4) is 0 Å². The average Bonchev–Trinajstić information content (AvgIpc) is 2.75. The molecule has 0 N–H and O–H groups in total. The van der Waals surface area contributed by atoms with E-state index in [0.717, 1.165) is 12.3 Å². The SMILES string of the molecule is Cc1ccc2ccccc2c1C(Cl)CC1CCCCCC1. The summed E-state index contributed by atoms with van der Waals surface area (Å²) in [5.41, 5.74) is 2.70. The van der Waals surface area contributed by atoms with Crippen LogP contribution in [0.15, 0.2) is 36.4 Å². The lowest BCUT2D eigenvalue weighted by atomic mass is 9.89. The van der Waals surface area contributed by atoms with Crippen LogP contribution in [0.5, 0.6) is 0 Å². The topological polar surface area (TPSA) is 0 Å². The predicted molar refractivity (Wildman–Crippen MR) is 93.1 cm³/mol. The molecule has 0 aromatic heterocycles. The van der Waals surface area contributed by atoms with Gasteiger partial charge in [0, 0.05) is 0 Å². The van der Waals surface area contributed by atoms with E-state index in [-0.39, 0.29) is 5.38 Å². The third-order valence-corrected chi connectivity index (χ3v) is 5.41. The van der Waals surface area contributed by atoms with Gasteiger partial charge in [-0.05, 0) is 41.2 Å². The Morgan fingerprint density at radius 3 is 2.48 bits per heavy atom.